The minimum atomic E-state index is 0. The maximum absolute atomic E-state index is 4.48. The van der Waals surface area contributed by atoms with Crippen LogP contribution in [0.4, 0.5) is 0 Å². The van der Waals surface area contributed by atoms with Crippen LogP contribution in [-0.2, 0) is 0 Å². The van der Waals surface area contributed by atoms with Gasteiger partial charge in [-0.15, -0.1) is 12.4 Å². The van der Waals surface area contributed by atoms with E-state index in [1.165, 1.54) is 33.4 Å². The molecule has 0 N–H and O–H groups in total. The fourth-order valence-corrected chi connectivity index (χ4v) is 2.97. The molecule has 22 heavy (non-hydrogen) atoms. The highest BCUT2D eigenvalue weighted by atomic mass is 35.5. The number of hydrogen-bond acceptors (Lipinski definition) is 1. The van der Waals surface area contributed by atoms with Crippen LogP contribution in [0.3, 0.4) is 0 Å². The Morgan fingerprint density at radius 3 is 2.23 bits per heavy atom. The highest BCUT2D eigenvalue weighted by Gasteiger charge is 2.23. The van der Waals surface area contributed by atoms with Crippen molar-refractivity contribution in [2.45, 2.75) is 6.92 Å². The Balaban J connectivity index is 0.00000144. The zero-order valence-corrected chi connectivity index (χ0v) is 13.1. The maximum atomic E-state index is 4.48. The Morgan fingerprint density at radius 2 is 1.45 bits per heavy atom. The van der Waals surface area contributed by atoms with Crippen LogP contribution in [-0.4, -0.2) is 4.98 Å². The molecule has 108 valence electrons. The van der Waals surface area contributed by atoms with E-state index >= 15 is 0 Å². The first kappa shape index (κ1) is 14.6. The molecule has 0 bridgehead atoms. The van der Waals surface area contributed by atoms with E-state index in [9.17, 15) is 0 Å². The van der Waals surface area contributed by atoms with Crippen molar-refractivity contribution < 1.29 is 0 Å². The molecule has 0 amide bonds. The van der Waals surface area contributed by atoms with Gasteiger partial charge in [-0.3, -0.25) is 4.98 Å². The van der Waals surface area contributed by atoms with E-state index in [0.717, 1.165) is 5.69 Å². The lowest BCUT2D eigenvalue weighted by Crippen LogP contribution is -1.86. The Labute approximate surface area is 136 Å². The first-order chi connectivity index (χ1) is 10.3. The molecular weight excluding hydrogens is 290 g/mol. The second-order valence-electron chi connectivity index (χ2n) is 5.39. The average molecular weight is 306 g/mol. The molecule has 2 heteroatoms. The van der Waals surface area contributed by atoms with Gasteiger partial charge in [-0.2, -0.15) is 0 Å². The topological polar surface area (TPSA) is 12.9 Å². The summed E-state index contributed by atoms with van der Waals surface area (Å²) in [4.78, 5) is 4.48. The highest BCUT2D eigenvalue weighted by Crippen LogP contribution is 2.44. The van der Waals surface area contributed by atoms with Gasteiger partial charge >= 0.3 is 0 Å². The number of pyridine rings is 1. The van der Waals surface area contributed by atoms with E-state index in [4.69, 9.17) is 0 Å². The van der Waals surface area contributed by atoms with E-state index in [1.54, 1.807) is 0 Å². The van der Waals surface area contributed by atoms with Crippen molar-refractivity contribution in [3.63, 3.8) is 0 Å². The van der Waals surface area contributed by atoms with E-state index in [1.807, 2.05) is 19.2 Å². The first-order valence-electron chi connectivity index (χ1n) is 7.16. The molecule has 4 rings (SSSR count). The Bertz CT molecular complexity index is 851. The van der Waals surface area contributed by atoms with Gasteiger partial charge in [0.25, 0.3) is 0 Å². The second-order valence-corrected chi connectivity index (χ2v) is 5.39. The van der Waals surface area contributed by atoms with Gasteiger partial charge in [0, 0.05) is 17.5 Å². The Hall–Kier alpha value is -2.38. The lowest BCUT2D eigenvalue weighted by atomic mass is 10.0. The predicted molar refractivity (Wildman–Crippen MR) is 95.1 cm³/mol. The molecule has 0 aliphatic heterocycles. The third-order valence-electron chi connectivity index (χ3n) is 3.95. The molecule has 1 heterocycles. The van der Waals surface area contributed by atoms with Crippen LogP contribution in [0.15, 0.2) is 66.9 Å². The fraction of sp³-hybridized carbons (Fsp3) is 0.0500. The van der Waals surface area contributed by atoms with Gasteiger partial charge < -0.3 is 0 Å². The molecule has 1 aromatic heterocycles. The molecule has 0 radical (unpaired) electrons. The Kier molecular flexibility index (Phi) is 3.82. The maximum Gasteiger partial charge on any atom is 0.0379 e. The third kappa shape index (κ3) is 2.34. The number of aryl methyl sites for hydroxylation is 1. The van der Waals surface area contributed by atoms with Crippen LogP contribution in [0, 0.1) is 6.92 Å². The SMILES string of the molecule is Cc1cc2c(cn1)/C(=C/c1ccccc1)c1ccccc1-2.Cl. The van der Waals surface area contributed by atoms with E-state index in [2.05, 4.69) is 65.7 Å². The minimum absolute atomic E-state index is 0. The van der Waals surface area contributed by atoms with Crippen molar-refractivity contribution in [1.82, 2.24) is 4.98 Å². The zero-order chi connectivity index (χ0) is 14.2. The smallest absolute Gasteiger partial charge is 0.0379 e. The van der Waals surface area contributed by atoms with E-state index in [0.29, 0.717) is 0 Å². The lowest BCUT2D eigenvalue weighted by molar-refractivity contribution is 1.20. The van der Waals surface area contributed by atoms with Gasteiger partial charge in [0.1, 0.15) is 0 Å². The van der Waals surface area contributed by atoms with Crippen molar-refractivity contribution >= 4 is 24.1 Å². The van der Waals surface area contributed by atoms with Crippen LogP contribution in [0.1, 0.15) is 22.4 Å². The number of hydrogen-bond donors (Lipinski definition) is 0. The molecule has 1 nitrogen and oxygen atoms in total. The summed E-state index contributed by atoms with van der Waals surface area (Å²) in [5.74, 6) is 0. The number of aromatic nitrogens is 1. The monoisotopic (exact) mass is 305 g/mol. The number of fused-ring (bicyclic) bond motifs is 3. The molecule has 0 unspecified atom stereocenters. The normalized spacial score (nSPS) is 13.4. The molecule has 0 saturated carbocycles. The van der Waals surface area contributed by atoms with Crippen LogP contribution < -0.4 is 0 Å². The summed E-state index contributed by atoms with van der Waals surface area (Å²) in [5.41, 5.74) is 8.66. The zero-order valence-electron chi connectivity index (χ0n) is 12.3. The van der Waals surface area contributed by atoms with Crippen molar-refractivity contribution in [1.29, 1.82) is 0 Å². The summed E-state index contributed by atoms with van der Waals surface area (Å²) in [6.07, 6.45) is 4.25. The molecule has 0 saturated heterocycles. The molecule has 1 aliphatic rings. The van der Waals surface area contributed by atoms with Crippen molar-refractivity contribution in [2.24, 2.45) is 0 Å². The standard InChI is InChI=1S/C20H15N.ClH/c1-14-11-18-16-9-5-6-10-17(16)19(20(18)13-21-14)12-15-7-3-2-4-8-15;/h2-13H,1H3;1H/b19-12+;. The first-order valence-corrected chi connectivity index (χ1v) is 7.16. The van der Waals surface area contributed by atoms with Crippen molar-refractivity contribution in [3.8, 4) is 11.1 Å². The third-order valence-corrected chi connectivity index (χ3v) is 3.95. The molecule has 1 aliphatic carbocycles. The summed E-state index contributed by atoms with van der Waals surface area (Å²) in [7, 11) is 0. The highest BCUT2D eigenvalue weighted by molar-refractivity contribution is 6.06. The van der Waals surface area contributed by atoms with Gasteiger partial charge in [0.15, 0.2) is 0 Å². The van der Waals surface area contributed by atoms with Crippen LogP contribution in [0.2, 0.25) is 0 Å². The van der Waals surface area contributed by atoms with Crippen molar-refractivity contribution in [2.75, 3.05) is 0 Å². The summed E-state index contributed by atoms with van der Waals surface area (Å²) < 4.78 is 0. The molecule has 0 fully saturated rings. The van der Waals surface area contributed by atoms with E-state index in [-0.39, 0.29) is 12.4 Å². The quantitative estimate of drug-likeness (QED) is 0.460. The van der Waals surface area contributed by atoms with E-state index < -0.39 is 0 Å². The molecule has 0 spiro atoms. The largest absolute Gasteiger partial charge is 0.261 e. The second kappa shape index (κ2) is 5.78. The van der Waals surface area contributed by atoms with Gasteiger partial charge in [-0.05, 0) is 46.9 Å². The van der Waals surface area contributed by atoms with Crippen LogP contribution in [0.25, 0.3) is 22.8 Å². The van der Waals surface area contributed by atoms with Crippen molar-refractivity contribution in [3.05, 3.63) is 89.2 Å². The summed E-state index contributed by atoms with van der Waals surface area (Å²) in [5, 5.41) is 0. The molecule has 2 aromatic carbocycles. The fourth-order valence-electron chi connectivity index (χ4n) is 2.97. The van der Waals surface area contributed by atoms with Gasteiger partial charge in [0.2, 0.25) is 0 Å². The molecule has 0 atom stereocenters. The van der Waals surface area contributed by atoms with Gasteiger partial charge in [-0.1, -0.05) is 54.6 Å². The number of benzene rings is 2. The molecule has 3 aromatic rings. The lowest BCUT2D eigenvalue weighted by Gasteiger charge is -2.03. The Morgan fingerprint density at radius 1 is 0.773 bits per heavy atom. The van der Waals surface area contributed by atoms with Crippen LogP contribution >= 0.6 is 12.4 Å². The molecular formula is C20H16ClN. The number of halogens is 1. The van der Waals surface area contributed by atoms with Crippen LogP contribution in [0.5, 0.6) is 0 Å². The van der Waals surface area contributed by atoms with Gasteiger partial charge in [0.05, 0.1) is 0 Å². The summed E-state index contributed by atoms with van der Waals surface area (Å²) in [6, 6.07) is 21.2. The average Bonchev–Trinajstić information content (AvgIpc) is 2.82. The van der Waals surface area contributed by atoms with Gasteiger partial charge in [-0.25, -0.2) is 0 Å². The minimum Gasteiger partial charge on any atom is -0.261 e. The summed E-state index contributed by atoms with van der Waals surface area (Å²) in [6.45, 7) is 2.04. The number of rotatable bonds is 1. The predicted octanol–water partition coefficient (Wildman–Crippen LogP) is 5.38. The number of nitrogens with zero attached hydrogens (tertiary/aromatic N) is 1. The summed E-state index contributed by atoms with van der Waals surface area (Å²) >= 11 is 0.